The molecule has 9 nitrogen and oxygen atoms in total. The van der Waals surface area contributed by atoms with Crippen molar-refractivity contribution in [3.63, 3.8) is 0 Å². The number of hydrazone groups is 1. The quantitative estimate of drug-likeness (QED) is 0.308. The standard InChI is InChI=1S/C20H16BrN3O6/c1-28-13-4-7-16(19(10-13)29-2)20(25)23-22-11-14-5-8-18(30-14)15-6-3-12(24(26)27)9-17(15)21/h3-11H,1-2H3,(H,23,25)/b22-11-. The van der Waals surface area contributed by atoms with Crippen LogP contribution in [0.5, 0.6) is 11.5 Å². The number of furan rings is 1. The van der Waals surface area contributed by atoms with Crippen molar-refractivity contribution in [2.45, 2.75) is 0 Å². The number of ether oxygens (including phenoxy) is 2. The number of amides is 1. The van der Waals surface area contributed by atoms with Gasteiger partial charge in [0.25, 0.3) is 11.6 Å². The van der Waals surface area contributed by atoms with Crippen molar-refractivity contribution in [2.75, 3.05) is 14.2 Å². The van der Waals surface area contributed by atoms with Gasteiger partial charge in [0.15, 0.2) is 0 Å². The lowest BCUT2D eigenvalue weighted by Crippen LogP contribution is -2.18. The van der Waals surface area contributed by atoms with Gasteiger partial charge in [-0.15, -0.1) is 0 Å². The molecule has 0 aliphatic carbocycles. The van der Waals surface area contributed by atoms with E-state index in [0.717, 1.165) is 0 Å². The number of nitrogens with zero attached hydrogens (tertiary/aromatic N) is 2. The molecule has 0 atom stereocenters. The minimum atomic E-state index is -0.477. The third-order valence-corrected chi connectivity index (χ3v) is 4.72. The fourth-order valence-electron chi connectivity index (χ4n) is 2.59. The number of methoxy groups -OCH3 is 2. The number of rotatable bonds is 7. The van der Waals surface area contributed by atoms with Gasteiger partial charge in [-0.25, -0.2) is 5.43 Å². The topological polar surface area (TPSA) is 116 Å². The van der Waals surface area contributed by atoms with Crippen LogP contribution >= 0.6 is 15.9 Å². The number of halogens is 1. The van der Waals surface area contributed by atoms with E-state index in [2.05, 4.69) is 26.5 Å². The number of hydrogen-bond donors (Lipinski definition) is 1. The first kappa shape index (κ1) is 21.1. The molecule has 2 aromatic carbocycles. The summed E-state index contributed by atoms with van der Waals surface area (Å²) in [6.45, 7) is 0. The lowest BCUT2D eigenvalue weighted by atomic mass is 10.1. The molecule has 3 aromatic rings. The number of non-ortho nitro benzene ring substituents is 1. The van der Waals surface area contributed by atoms with Gasteiger partial charge in [-0.2, -0.15) is 5.10 Å². The highest BCUT2D eigenvalue weighted by Gasteiger charge is 2.14. The van der Waals surface area contributed by atoms with Crippen LogP contribution in [0.3, 0.4) is 0 Å². The molecule has 0 aliphatic rings. The molecule has 30 heavy (non-hydrogen) atoms. The molecule has 154 valence electrons. The minimum absolute atomic E-state index is 0.0318. The Labute approximate surface area is 179 Å². The van der Waals surface area contributed by atoms with E-state index in [-0.39, 0.29) is 5.69 Å². The Morgan fingerprint density at radius 2 is 1.97 bits per heavy atom. The number of nitrogens with one attached hydrogen (secondary N) is 1. The minimum Gasteiger partial charge on any atom is -0.497 e. The Morgan fingerprint density at radius 3 is 2.63 bits per heavy atom. The second-order valence-electron chi connectivity index (χ2n) is 5.89. The summed E-state index contributed by atoms with van der Waals surface area (Å²) in [6.07, 6.45) is 1.34. The van der Waals surface area contributed by atoms with Crippen LogP contribution in [-0.4, -0.2) is 31.3 Å². The van der Waals surface area contributed by atoms with E-state index in [4.69, 9.17) is 13.9 Å². The second-order valence-corrected chi connectivity index (χ2v) is 6.74. The Balaban J connectivity index is 1.71. The van der Waals surface area contributed by atoms with Crippen LogP contribution in [0.25, 0.3) is 11.3 Å². The molecule has 0 aliphatic heterocycles. The predicted molar refractivity (Wildman–Crippen MR) is 113 cm³/mol. The molecule has 0 radical (unpaired) electrons. The summed E-state index contributed by atoms with van der Waals surface area (Å²) >= 11 is 3.31. The smallest absolute Gasteiger partial charge is 0.275 e. The van der Waals surface area contributed by atoms with E-state index in [1.165, 1.54) is 32.6 Å². The highest BCUT2D eigenvalue weighted by Crippen LogP contribution is 2.32. The maximum Gasteiger partial charge on any atom is 0.275 e. The van der Waals surface area contributed by atoms with Gasteiger partial charge in [-0.3, -0.25) is 14.9 Å². The van der Waals surface area contributed by atoms with Gasteiger partial charge in [0.05, 0.1) is 30.9 Å². The van der Waals surface area contributed by atoms with Gasteiger partial charge >= 0.3 is 0 Å². The lowest BCUT2D eigenvalue weighted by molar-refractivity contribution is -0.384. The van der Waals surface area contributed by atoms with Crippen molar-refractivity contribution in [1.29, 1.82) is 0 Å². The zero-order valence-electron chi connectivity index (χ0n) is 15.9. The summed E-state index contributed by atoms with van der Waals surface area (Å²) in [5, 5.41) is 14.7. The zero-order valence-corrected chi connectivity index (χ0v) is 17.5. The van der Waals surface area contributed by atoms with Gasteiger partial charge in [-0.05, 0) is 46.3 Å². The van der Waals surface area contributed by atoms with Crippen molar-refractivity contribution < 1.29 is 23.6 Å². The average molecular weight is 474 g/mol. The monoisotopic (exact) mass is 473 g/mol. The molecule has 0 unspecified atom stereocenters. The first-order chi connectivity index (χ1) is 14.4. The van der Waals surface area contributed by atoms with Crippen molar-refractivity contribution in [2.24, 2.45) is 5.10 Å². The molecular weight excluding hydrogens is 458 g/mol. The molecule has 0 fully saturated rings. The van der Waals surface area contributed by atoms with Crippen LogP contribution in [0, 0.1) is 10.1 Å². The van der Waals surface area contributed by atoms with Crippen LogP contribution in [0.15, 0.2) is 62.5 Å². The Kier molecular flexibility index (Phi) is 6.48. The summed E-state index contributed by atoms with van der Waals surface area (Å²) in [5.74, 6) is 1.33. The highest BCUT2D eigenvalue weighted by atomic mass is 79.9. The second kappa shape index (κ2) is 9.23. The summed E-state index contributed by atoms with van der Waals surface area (Å²) in [7, 11) is 2.97. The molecule has 1 heterocycles. The van der Waals surface area contributed by atoms with E-state index in [0.29, 0.717) is 38.6 Å². The number of hydrogen-bond acceptors (Lipinski definition) is 7. The number of nitro benzene ring substituents is 1. The largest absolute Gasteiger partial charge is 0.497 e. The third-order valence-electron chi connectivity index (χ3n) is 4.07. The normalized spacial score (nSPS) is 10.8. The summed E-state index contributed by atoms with van der Waals surface area (Å²) in [6, 6.07) is 12.5. The SMILES string of the molecule is COc1ccc(C(=O)N/N=C\c2ccc(-c3ccc([N+](=O)[O-])cc3Br)o2)c(OC)c1. The van der Waals surface area contributed by atoms with Gasteiger partial charge in [0.1, 0.15) is 23.0 Å². The molecule has 1 amide bonds. The summed E-state index contributed by atoms with van der Waals surface area (Å²) in [4.78, 5) is 22.7. The summed E-state index contributed by atoms with van der Waals surface area (Å²) < 4.78 is 16.5. The summed E-state index contributed by atoms with van der Waals surface area (Å²) in [5.41, 5.74) is 3.32. The van der Waals surface area contributed by atoms with Crippen LogP contribution < -0.4 is 14.9 Å². The van der Waals surface area contributed by atoms with Crippen molar-refractivity contribution >= 4 is 33.7 Å². The fourth-order valence-corrected chi connectivity index (χ4v) is 3.15. The number of carbonyl (C=O) groups excluding carboxylic acids is 1. The molecule has 0 saturated carbocycles. The van der Waals surface area contributed by atoms with E-state index in [9.17, 15) is 14.9 Å². The van der Waals surface area contributed by atoms with Gasteiger partial charge in [-0.1, -0.05) is 0 Å². The number of carbonyl (C=O) groups is 1. The average Bonchev–Trinajstić information content (AvgIpc) is 3.21. The Morgan fingerprint density at radius 1 is 1.17 bits per heavy atom. The Hall–Kier alpha value is -3.66. The zero-order chi connectivity index (χ0) is 21.7. The van der Waals surface area contributed by atoms with Crippen molar-refractivity contribution in [1.82, 2.24) is 5.43 Å². The molecule has 1 N–H and O–H groups in total. The molecule has 0 saturated heterocycles. The van der Waals surface area contributed by atoms with E-state index in [1.807, 2.05) is 0 Å². The van der Waals surface area contributed by atoms with E-state index in [1.54, 1.807) is 36.4 Å². The van der Waals surface area contributed by atoms with Crippen LogP contribution in [0.2, 0.25) is 0 Å². The maximum absolute atomic E-state index is 12.3. The van der Waals surface area contributed by atoms with Crippen LogP contribution in [0.4, 0.5) is 5.69 Å². The Bertz CT molecular complexity index is 1130. The van der Waals surface area contributed by atoms with Crippen LogP contribution in [0.1, 0.15) is 16.1 Å². The van der Waals surface area contributed by atoms with Gasteiger partial charge < -0.3 is 13.9 Å². The predicted octanol–water partition coefficient (Wildman–Crippen LogP) is 4.40. The molecule has 0 bridgehead atoms. The molecule has 3 rings (SSSR count). The van der Waals surface area contributed by atoms with Crippen LogP contribution in [-0.2, 0) is 0 Å². The van der Waals surface area contributed by atoms with Crippen molar-refractivity contribution in [3.8, 4) is 22.8 Å². The van der Waals surface area contributed by atoms with Gasteiger partial charge in [0.2, 0.25) is 0 Å². The number of nitro groups is 1. The lowest BCUT2D eigenvalue weighted by Gasteiger charge is -2.08. The number of benzene rings is 2. The van der Waals surface area contributed by atoms with E-state index < -0.39 is 10.8 Å². The van der Waals surface area contributed by atoms with Crippen molar-refractivity contribution in [3.05, 3.63) is 74.4 Å². The third kappa shape index (κ3) is 4.66. The molecule has 10 heteroatoms. The maximum atomic E-state index is 12.3. The first-order valence-electron chi connectivity index (χ1n) is 8.52. The first-order valence-corrected chi connectivity index (χ1v) is 9.32. The molecule has 0 spiro atoms. The van der Waals surface area contributed by atoms with Gasteiger partial charge in [0, 0.05) is 28.2 Å². The molecule has 1 aromatic heterocycles. The highest BCUT2D eigenvalue weighted by molar-refractivity contribution is 9.10. The fraction of sp³-hybridized carbons (Fsp3) is 0.100. The van der Waals surface area contributed by atoms with E-state index >= 15 is 0 Å². The molecular formula is C20H16BrN3O6.